The molecule has 2 heterocycles. The average molecular weight is 265 g/mol. The molecule has 1 amide bonds. The highest BCUT2D eigenvalue weighted by Crippen LogP contribution is 2.27. The van der Waals surface area contributed by atoms with Crippen molar-refractivity contribution in [3.63, 3.8) is 0 Å². The first-order valence-corrected chi connectivity index (χ1v) is 6.43. The summed E-state index contributed by atoms with van der Waals surface area (Å²) in [6, 6.07) is 12.0. The normalized spacial score (nSPS) is 10.8. The molecule has 0 saturated heterocycles. The summed E-state index contributed by atoms with van der Waals surface area (Å²) in [4.78, 5) is 15.3. The maximum Gasteiger partial charge on any atom is 0.221 e. The molecule has 3 aromatic rings. The second-order valence-electron chi connectivity index (χ2n) is 4.86. The molecular weight excluding hydrogens is 250 g/mol. The fourth-order valence-electron chi connectivity index (χ4n) is 2.42. The van der Waals surface area contributed by atoms with Crippen LogP contribution in [-0.4, -0.2) is 15.5 Å². The van der Waals surface area contributed by atoms with Gasteiger partial charge in [0.25, 0.3) is 0 Å². The lowest BCUT2D eigenvalue weighted by molar-refractivity contribution is -0.117. The fraction of sp³-hybridized carbons (Fsp3) is 0.125. The molecule has 0 aliphatic carbocycles. The summed E-state index contributed by atoms with van der Waals surface area (Å²) in [5.41, 5.74) is 9.34. The minimum atomic E-state index is -0.313. The molecule has 0 bridgehead atoms. The molecule has 4 heteroatoms. The zero-order chi connectivity index (χ0) is 14.1. The van der Waals surface area contributed by atoms with Crippen LogP contribution in [0.5, 0.6) is 0 Å². The van der Waals surface area contributed by atoms with Crippen LogP contribution < -0.4 is 5.73 Å². The molecule has 100 valence electrons. The molecule has 0 saturated carbocycles. The summed E-state index contributed by atoms with van der Waals surface area (Å²) in [5, 5.41) is 1.12. The number of fused-ring (bicyclic) bond motifs is 1. The number of aryl methyl sites for hydroxylation is 1. The zero-order valence-corrected chi connectivity index (χ0v) is 11.2. The van der Waals surface area contributed by atoms with Crippen LogP contribution in [0.15, 0.2) is 48.8 Å². The molecule has 1 aromatic carbocycles. The molecule has 0 atom stereocenters. The topological polar surface area (TPSA) is 60.9 Å². The number of primary amides is 1. The number of amides is 1. The van der Waals surface area contributed by atoms with Crippen LogP contribution in [0, 0.1) is 0 Å². The van der Waals surface area contributed by atoms with E-state index < -0.39 is 0 Å². The van der Waals surface area contributed by atoms with Gasteiger partial charge in [-0.05, 0) is 28.8 Å². The number of hydrogen-bond acceptors (Lipinski definition) is 2. The monoisotopic (exact) mass is 265 g/mol. The first-order valence-electron chi connectivity index (χ1n) is 6.43. The van der Waals surface area contributed by atoms with Crippen LogP contribution in [0.4, 0.5) is 0 Å². The Balaban J connectivity index is 2.05. The Kier molecular flexibility index (Phi) is 2.99. The van der Waals surface area contributed by atoms with E-state index in [-0.39, 0.29) is 12.3 Å². The molecular formula is C16H15N3O. The molecule has 2 aromatic heterocycles. The van der Waals surface area contributed by atoms with E-state index in [1.165, 1.54) is 0 Å². The van der Waals surface area contributed by atoms with Crippen molar-refractivity contribution in [2.24, 2.45) is 12.8 Å². The number of carbonyl (C=O) groups is 1. The number of benzene rings is 1. The van der Waals surface area contributed by atoms with Crippen molar-refractivity contribution in [1.82, 2.24) is 9.55 Å². The van der Waals surface area contributed by atoms with Gasteiger partial charge in [-0.25, -0.2) is 4.98 Å². The number of nitrogens with zero attached hydrogens (tertiary/aromatic N) is 2. The molecule has 0 aliphatic rings. The summed E-state index contributed by atoms with van der Waals surface area (Å²) in [5.74, 6) is -0.313. The van der Waals surface area contributed by atoms with Crippen molar-refractivity contribution in [1.29, 1.82) is 0 Å². The maximum atomic E-state index is 10.9. The van der Waals surface area contributed by atoms with Gasteiger partial charge in [-0.2, -0.15) is 0 Å². The third kappa shape index (κ3) is 2.16. The van der Waals surface area contributed by atoms with E-state index in [2.05, 4.69) is 11.1 Å². The summed E-state index contributed by atoms with van der Waals surface area (Å²) in [6.07, 6.45) is 4.09. The average Bonchev–Trinajstić information content (AvgIpc) is 2.81. The van der Waals surface area contributed by atoms with Gasteiger partial charge in [0.1, 0.15) is 5.65 Å². The number of pyridine rings is 1. The predicted octanol–water partition coefficient (Wildman–Crippen LogP) is 2.27. The van der Waals surface area contributed by atoms with Gasteiger partial charge in [0.15, 0.2) is 0 Å². The van der Waals surface area contributed by atoms with Crippen LogP contribution in [0.2, 0.25) is 0 Å². The van der Waals surface area contributed by atoms with Crippen molar-refractivity contribution in [3.05, 3.63) is 54.4 Å². The maximum absolute atomic E-state index is 10.9. The Labute approximate surface area is 116 Å². The van der Waals surface area contributed by atoms with E-state index in [1.54, 1.807) is 0 Å². The second-order valence-corrected chi connectivity index (χ2v) is 4.86. The minimum Gasteiger partial charge on any atom is -0.369 e. The van der Waals surface area contributed by atoms with Crippen molar-refractivity contribution in [2.45, 2.75) is 6.42 Å². The molecule has 20 heavy (non-hydrogen) atoms. The lowest BCUT2D eigenvalue weighted by Gasteiger charge is -2.05. The third-order valence-corrected chi connectivity index (χ3v) is 3.41. The fourth-order valence-corrected chi connectivity index (χ4v) is 2.42. The van der Waals surface area contributed by atoms with E-state index in [0.717, 1.165) is 27.7 Å². The Morgan fingerprint density at radius 1 is 1.20 bits per heavy atom. The highest BCUT2D eigenvalue weighted by Gasteiger charge is 2.07. The van der Waals surface area contributed by atoms with E-state index in [1.807, 2.05) is 54.3 Å². The molecule has 0 radical (unpaired) electrons. The van der Waals surface area contributed by atoms with Gasteiger partial charge >= 0.3 is 0 Å². The molecule has 0 spiro atoms. The predicted molar refractivity (Wildman–Crippen MR) is 79.0 cm³/mol. The largest absolute Gasteiger partial charge is 0.369 e. The first kappa shape index (κ1) is 12.4. The van der Waals surface area contributed by atoms with Crippen LogP contribution >= 0.6 is 0 Å². The van der Waals surface area contributed by atoms with Gasteiger partial charge in [-0.15, -0.1) is 0 Å². The summed E-state index contributed by atoms with van der Waals surface area (Å²) >= 11 is 0. The quantitative estimate of drug-likeness (QED) is 0.789. The van der Waals surface area contributed by atoms with E-state index >= 15 is 0 Å². The first-order chi connectivity index (χ1) is 9.65. The van der Waals surface area contributed by atoms with Gasteiger partial charge in [-0.3, -0.25) is 4.79 Å². The Bertz CT molecular complexity index is 772. The van der Waals surface area contributed by atoms with E-state index in [9.17, 15) is 4.79 Å². The Morgan fingerprint density at radius 2 is 1.95 bits per heavy atom. The Hall–Kier alpha value is -2.62. The molecule has 4 nitrogen and oxygen atoms in total. The van der Waals surface area contributed by atoms with E-state index in [4.69, 9.17) is 5.73 Å². The molecule has 0 unspecified atom stereocenters. The van der Waals surface area contributed by atoms with Crippen molar-refractivity contribution >= 4 is 16.9 Å². The van der Waals surface area contributed by atoms with Gasteiger partial charge in [0.05, 0.1) is 6.42 Å². The van der Waals surface area contributed by atoms with Crippen LogP contribution in [0.25, 0.3) is 22.2 Å². The SMILES string of the molecule is Cn1ccc2c(-c3ccc(CC(N)=O)cc3)ccnc21. The smallest absolute Gasteiger partial charge is 0.221 e. The second kappa shape index (κ2) is 4.81. The number of rotatable bonds is 3. The molecule has 0 fully saturated rings. The summed E-state index contributed by atoms with van der Waals surface area (Å²) in [6.45, 7) is 0. The lowest BCUT2D eigenvalue weighted by atomic mass is 10.0. The molecule has 2 N–H and O–H groups in total. The standard InChI is InChI=1S/C16H15N3O/c1-19-9-7-14-13(6-8-18-16(14)19)12-4-2-11(3-5-12)10-15(17)20/h2-9H,10H2,1H3,(H2,17,20). The lowest BCUT2D eigenvalue weighted by Crippen LogP contribution is -2.13. The highest BCUT2D eigenvalue weighted by molar-refractivity contribution is 5.93. The summed E-state index contributed by atoms with van der Waals surface area (Å²) in [7, 11) is 1.98. The minimum absolute atomic E-state index is 0.275. The van der Waals surface area contributed by atoms with Gasteiger partial charge < -0.3 is 10.3 Å². The van der Waals surface area contributed by atoms with Crippen LogP contribution in [0.3, 0.4) is 0 Å². The number of carbonyl (C=O) groups excluding carboxylic acids is 1. The molecule has 3 rings (SSSR count). The van der Waals surface area contributed by atoms with E-state index in [0.29, 0.717) is 0 Å². The van der Waals surface area contributed by atoms with Crippen LogP contribution in [-0.2, 0) is 18.3 Å². The number of aromatic nitrogens is 2. The van der Waals surface area contributed by atoms with Crippen LogP contribution in [0.1, 0.15) is 5.56 Å². The van der Waals surface area contributed by atoms with Crippen molar-refractivity contribution in [2.75, 3.05) is 0 Å². The number of nitrogens with two attached hydrogens (primary N) is 1. The van der Waals surface area contributed by atoms with Crippen molar-refractivity contribution in [3.8, 4) is 11.1 Å². The van der Waals surface area contributed by atoms with Gasteiger partial charge in [-0.1, -0.05) is 24.3 Å². The zero-order valence-electron chi connectivity index (χ0n) is 11.2. The van der Waals surface area contributed by atoms with Crippen molar-refractivity contribution < 1.29 is 4.79 Å². The Morgan fingerprint density at radius 3 is 2.65 bits per heavy atom. The highest BCUT2D eigenvalue weighted by atomic mass is 16.1. The van der Waals surface area contributed by atoms with Gasteiger partial charge in [0, 0.05) is 24.8 Å². The van der Waals surface area contributed by atoms with Gasteiger partial charge in [0.2, 0.25) is 5.91 Å². The molecule has 0 aliphatic heterocycles. The summed E-state index contributed by atoms with van der Waals surface area (Å²) < 4.78 is 2.00. The third-order valence-electron chi connectivity index (χ3n) is 3.41. The number of hydrogen-bond donors (Lipinski definition) is 1.